The molecule has 0 saturated heterocycles. The van der Waals surface area contributed by atoms with E-state index in [1.807, 2.05) is 54.8 Å². The number of ketones is 1. The Hall–Kier alpha value is -3.87. The number of rotatable bonds is 5. The van der Waals surface area contributed by atoms with Crippen LogP contribution in [0.3, 0.4) is 0 Å². The Morgan fingerprint density at radius 1 is 1.10 bits per heavy atom. The molecule has 0 saturated carbocycles. The van der Waals surface area contributed by atoms with Gasteiger partial charge in [0.15, 0.2) is 5.78 Å². The Balaban J connectivity index is 1.43. The summed E-state index contributed by atoms with van der Waals surface area (Å²) in [4.78, 5) is 20.7. The van der Waals surface area contributed by atoms with Crippen LogP contribution in [0.1, 0.15) is 22.8 Å². The quantitative estimate of drug-likeness (QED) is 0.463. The van der Waals surface area contributed by atoms with Gasteiger partial charge in [-0.15, -0.1) is 4.59 Å². The molecule has 5 rings (SSSR count). The van der Waals surface area contributed by atoms with Crippen LogP contribution in [0.4, 0.5) is 0 Å². The molecule has 0 fully saturated rings. The number of hydrogen-bond acceptors (Lipinski definition) is 5. The van der Waals surface area contributed by atoms with Crippen molar-refractivity contribution in [2.24, 2.45) is 15.8 Å². The predicted octanol–water partition coefficient (Wildman–Crippen LogP) is 4.40. The zero-order valence-corrected chi connectivity index (χ0v) is 16.3. The molecule has 3 aliphatic rings. The lowest BCUT2D eigenvalue weighted by molar-refractivity contribution is -0.750. The monoisotopic (exact) mass is 395 g/mol. The maximum atomic E-state index is 11.6. The van der Waals surface area contributed by atoms with Gasteiger partial charge in [0.05, 0.1) is 18.0 Å². The van der Waals surface area contributed by atoms with Crippen molar-refractivity contribution in [2.45, 2.75) is 6.92 Å². The normalized spacial score (nSPS) is 21.1. The molecule has 1 aliphatic carbocycles. The summed E-state index contributed by atoms with van der Waals surface area (Å²) >= 11 is 0. The van der Waals surface area contributed by atoms with Gasteiger partial charge in [-0.3, -0.25) is 9.79 Å². The molecular weight excluding hydrogens is 376 g/mol. The van der Waals surface area contributed by atoms with E-state index in [0.29, 0.717) is 22.9 Å². The van der Waals surface area contributed by atoms with Gasteiger partial charge < -0.3 is 4.74 Å². The van der Waals surface area contributed by atoms with Gasteiger partial charge in [-0.1, -0.05) is 30.4 Å². The van der Waals surface area contributed by atoms with Gasteiger partial charge in [0.25, 0.3) is 5.84 Å². The molecule has 6 heteroatoms. The molecule has 6 nitrogen and oxygen atoms in total. The van der Waals surface area contributed by atoms with E-state index < -0.39 is 0 Å². The highest BCUT2D eigenvalue weighted by molar-refractivity contribution is 6.01. The minimum absolute atomic E-state index is 0.000613. The van der Waals surface area contributed by atoms with E-state index >= 15 is 0 Å². The summed E-state index contributed by atoms with van der Waals surface area (Å²) in [5.41, 5.74) is 4.22. The molecule has 30 heavy (non-hydrogen) atoms. The van der Waals surface area contributed by atoms with E-state index in [-0.39, 0.29) is 10.4 Å². The number of carbonyl (C=O) groups excluding carboxylic acids is 1. The molecule has 146 valence electrons. The van der Waals surface area contributed by atoms with Crippen molar-refractivity contribution in [1.82, 2.24) is 0 Å². The van der Waals surface area contributed by atoms with Gasteiger partial charge in [0.1, 0.15) is 23.4 Å². The number of benzene rings is 2. The third kappa shape index (κ3) is 2.95. The predicted molar refractivity (Wildman–Crippen MR) is 116 cm³/mol. The number of aliphatic imine (C=N–C) groups is 2. The lowest BCUT2D eigenvalue weighted by Gasteiger charge is -2.26. The maximum Gasteiger partial charge on any atom is 0.265 e. The van der Waals surface area contributed by atoms with Crippen LogP contribution in [-0.4, -0.2) is 22.4 Å². The van der Waals surface area contributed by atoms with Crippen molar-refractivity contribution in [2.75, 3.05) is 0 Å². The molecule has 2 aromatic rings. The zero-order chi connectivity index (χ0) is 20.7. The van der Waals surface area contributed by atoms with Gasteiger partial charge in [-0.25, -0.2) is 0 Å². The van der Waals surface area contributed by atoms with E-state index in [4.69, 9.17) is 15.6 Å². The van der Waals surface area contributed by atoms with Gasteiger partial charge >= 0.3 is 0 Å². The minimum Gasteiger partial charge on any atom is -0.457 e. The number of carbonyl (C=O) groups is 1. The first-order valence-corrected chi connectivity index (χ1v) is 9.55. The van der Waals surface area contributed by atoms with E-state index in [1.54, 1.807) is 30.6 Å². The summed E-state index contributed by atoms with van der Waals surface area (Å²) in [5.74, 6) is 8.70. The zero-order valence-electron chi connectivity index (χ0n) is 16.3. The number of amidine groups is 1. The molecule has 2 heterocycles. The SMILES string of the molecule is CC(=O)c1cccc(Oc2ccc(C3=NC(C4=CC=C4)=C4C=NC=C[N+]34N)cc2)c1. The molecular formula is C24H19N4O2+. The lowest BCUT2D eigenvalue weighted by Crippen LogP contribution is -2.53. The number of fused-ring (bicyclic) bond motifs is 1. The van der Waals surface area contributed by atoms with Crippen molar-refractivity contribution in [3.63, 3.8) is 0 Å². The number of quaternary nitrogens is 1. The third-order valence-corrected chi connectivity index (χ3v) is 5.21. The van der Waals surface area contributed by atoms with Gasteiger partial charge in [0.2, 0.25) is 5.70 Å². The van der Waals surface area contributed by atoms with Crippen LogP contribution < -0.4 is 10.6 Å². The molecule has 2 aliphatic heterocycles. The van der Waals surface area contributed by atoms with Crippen LogP contribution in [0.2, 0.25) is 0 Å². The second kappa shape index (κ2) is 6.88. The third-order valence-electron chi connectivity index (χ3n) is 5.21. The second-order valence-electron chi connectivity index (χ2n) is 7.21. The Bertz CT molecular complexity index is 1250. The van der Waals surface area contributed by atoms with Crippen LogP contribution in [0.25, 0.3) is 0 Å². The number of nitrogens with two attached hydrogens (primary N) is 1. The summed E-state index contributed by atoms with van der Waals surface area (Å²) < 4.78 is 5.89. The van der Waals surface area contributed by atoms with Crippen molar-refractivity contribution < 1.29 is 14.1 Å². The van der Waals surface area contributed by atoms with Gasteiger partial charge in [0, 0.05) is 11.1 Å². The van der Waals surface area contributed by atoms with E-state index in [1.165, 1.54) is 6.92 Å². The average molecular weight is 395 g/mol. The Morgan fingerprint density at radius 2 is 1.90 bits per heavy atom. The lowest BCUT2D eigenvalue weighted by atomic mass is 10.0. The molecule has 0 spiro atoms. The molecule has 1 atom stereocenters. The van der Waals surface area contributed by atoms with Gasteiger partial charge in [-0.2, -0.15) is 10.8 Å². The number of Topliss-reactive ketones (excluding diaryl/α,β-unsaturated/α-hetero) is 1. The Labute approximate surface area is 173 Å². The average Bonchev–Trinajstić information content (AvgIpc) is 3.00. The number of hydrogen-bond donors (Lipinski definition) is 1. The smallest absolute Gasteiger partial charge is 0.265 e. The first-order valence-electron chi connectivity index (χ1n) is 9.55. The van der Waals surface area contributed by atoms with Gasteiger partial charge in [-0.05, 0) is 43.3 Å². The van der Waals surface area contributed by atoms with Crippen LogP contribution in [0, 0.1) is 0 Å². The van der Waals surface area contributed by atoms with Crippen LogP contribution in [0.15, 0.2) is 106 Å². The summed E-state index contributed by atoms with van der Waals surface area (Å²) in [6, 6.07) is 14.7. The first kappa shape index (κ1) is 18.2. The fourth-order valence-corrected chi connectivity index (χ4v) is 3.53. The van der Waals surface area contributed by atoms with Crippen molar-refractivity contribution in [1.29, 1.82) is 0 Å². The maximum absolute atomic E-state index is 11.6. The second-order valence-corrected chi connectivity index (χ2v) is 7.21. The molecule has 0 aromatic heterocycles. The highest BCUT2D eigenvalue weighted by atomic mass is 16.5. The molecule has 0 amide bonds. The Morgan fingerprint density at radius 3 is 2.60 bits per heavy atom. The molecule has 2 N–H and O–H groups in total. The molecule has 1 unspecified atom stereocenters. The van der Waals surface area contributed by atoms with E-state index in [9.17, 15) is 4.79 Å². The number of ether oxygens (including phenoxy) is 1. The van der Waals surface area contributed by atoms with E-state index in [2.05, 4.69) is 4.99 Å². The summed E-state index contributed by atoms with van der Waals surface area (Å²) in [6.45, 7) is 1.54. The fraction of sp³-hybridized carbons (Fsp3) is 0.0417. The Kier molecular flexibility index (Phi) is 4.17. The topological polar surface area (TPSA) is 77.0 Å². The molecule has 0 radical (unpaired) electrons. The first-order chi connectivity index (χ1) is 14.5. The van der Waals surface area contributed by atoms with Crippen LogP contribution in [0.5, 0.6) is 11.5 Å². The van der Waals surface area contributed by atoms with Crippen molar-refractivity contribution in [3.8, 4) is 11.5 Å². The van der Waals surface area contributed by atoms with Crippen LogP contribution >= 0.6 is 0 Å². The van der Waals surface area contributed by atoms with E-state index in [0.717, 1.165) is 22.5 Å². The highest BCUT2D eigenvalue weighted by Crippen LogP contribution is 2.36. The highest BCUT2D eigenvalue weighted by Gasteiger charge is 2.44. The summed E-state index contributed by atoms with van der Waals surface area (Å²) in [6.07, 6.45) is 11.3. The van der Waals surface area contributed by atoms with Crippen molar-refractivity contribution >= 4 is 17.8 Å². The molecule has 2 aromatic carbocycles. The fourth-order valence-electron chi connectivity index (χ4n) is 3.53. The van der Waals surface area contributed by atoms with Crippen LogP contribution in [-0.2, 0) is 0 Å². The summed E-state index contributed by atoms with van der Waals surface area (Å²) in [5, 5.41) is 0. The van der Waals surface area contributed by atoms with Crippen molar-refractivity contribution in [3.05, 3.63) is 107 Å². The minimum atomic E-state index is -0.0229. The number of allylic oxidation sites excluding steroid dienone is 4. The largest absolute Gasteiger partial charge is 0.457 e. The summed E-state index contributed by atoms with van der Waals surface area (Å²) in [7, 11) is 0. The standard InChI is InChI=1S/C24H19N4O2/c1-16(29)19-6-3-7-21(14-19)30-20-10-8-18(9-11-20)24-27-23(17-4-2-5-17)22-15-26-12-13-28(22,24)25/h2-15H,25H2,1H3/q+1. The molecule has 0 bridgehead atoms. The number of nitrogens with zero attached hydrogens (tertiary/aromatic N) is 3.